The van der Waals surface area contributed by atoms with Crippen molar-refractivity contribution in [3.8, 4) is 56.0 Å². The molecule has 0 unspecified atom stereocenters. The number of aromatic nitrogens is 2. The molecule has 0 saturated heterocycles. The number of rotatable bonds is 5. The Bertz CT molecular complexity index is 2310. The topological polar surface area (TPSA) is 25.8 Å². The number of fused-ring (bicyclic) bond motifs is 3. The first-order chi connectivity index (χ1) is 22.9. The van der Waals surface area contributed by atoms with E-state index in [9.17, 15) is 0 Å². The van der Waals surface area contributed by atoms with Gasteiger partial charge < -0.3 is 0 Å². The zero-order valence-corrected chi connectivity index (χ0v) is 27.6. The van der Waals surface area contributed by atoms with Crippen LogP contribution in [0.1, 0.15) is 26.3 Å². The summed E-state index contributed by atoms with van der Waals surface area (Å²) in [5.74, 6) is 0.738. The van der Waals surface area contributed by atoms with Crippen LogP contribution in [0.15, 0.2) is 152 Å². The lowest BCUT2D eigenvalue weighted by Gasteiger charge is -2.19. The molecule has 0 atom stereocenters. The summed E-state index contributed by atoms with van der Waals surface area (Å²) in [6.07, 6.45) is 0. The second-order valence-corrected chi connectivity index (χ2v) is 14.1. The highest BCUT2D eigenvalue weighted by atomic mass is 32.1. The first-order valence-corrected chi connectivity index (χ1v) is 16.9. The van der Waals surface area contributed by atoms with Crippen molar-refractivity contribution in [2.45, 2.75) is 26.2 Å². The molecule has 0 saturated carbocycles. The van der Waals surface area contributed by atoms with E-state index in [0.29, 0.717) is 0 Å². The van der Waals surface area contributed by atoms with Gasteiger partial charge in [0.2, 0.25) is 0 Å². The average molecular weight is 623 g/mol. The predicted octanol–water partition coefficient (Wildman–Crippen LogP) is 12.5. The van der Waals surface area contributed by atoms with Crippen molar-refractivity contribution >= 4 is 31.6 Å². The van der Waals surface area contributed by atoms with Gasteiger partial charge in [-0.3, -0.25) is 0 Å². The van der Waals surface area contributed by atoms with Gasteiger partial charge in [-0.05, 0) is 68.6 Å². The second kappa shape index (κ2) is 11.8. The molecule has 226 valence electrons. The van der Waals surface area contributed by atoms with Crippen LogP contribution in [0.3, 0.4) is 0 Å². The van der Waals surface area contributed by atoms with Gasteiger partial charge in [-0.2, -0.15) is 0 Å². The van der Waals surface area contributed by atoms with Crippen LogP contribution in [-0.2, 0) is 5.41 Å². The summed E-state index contributed by atoms with van der Waals surface area (Å²) in [5, 5.41) is 1.19. The van der Waals surface area contributed by atoms with Gasteiger partial charge in [0.25, 0.3) is 0 Å². The smallest absolute Gasteiger partial charge is 0.160 e. The monoisotopic (exact) mass is 622 g/mol. The third kappa shape index (κ3) is 5.54. The largest absolute Gasteiger partial charge is 0.226 e. The molecule has 47 heavy (non-hydrogen) atoms. The Hall–Kier alpha value is -5.38. The summed E-state index contributed by atoms with van der Waals surface area (Å²) < 4.78 is 2.42. The molecule has 0 aliphatic rings. The highest BCUT2D eigenvalue weighted by Crippen LogP contribution is 2.43. The van der Waals surface area contributed by atoms with E-state index >= 15 is 0 Å². The Kier molecular flexibility index (Phi) is 7.27. The predicted molar refractivity (Wildman–Crippen MR) is 201 cm³/mol. The molecule has 0 N–H and O–H groups in total. The average Bonchev–Trinajstić information content (AvgIpc) is 3.50. The number of hydrogen-bond acceptors (Lipinski definition) is 3. The summed E-state index contributed by atoms with van der Waals surface area (Å²) >= 11 is 1.81. The lowest BCUT2D eigenvalue weighted by atomic mass is 9.86. The highest BCUT2D eigenvalue weighted by molar-refractivity contribution is 7.26. The third-order valence-corrected chi connectivity index (χ3v) is 10.0. The van der Waals surface area contributed by atoms with Crippen LogP contribution >= 0.6 is 11.3 Å². The van der Waals surface area contributed by atoms with Gasteiger partial charge >= 0.3 is 0 Å². The van der Waals surface area contributed by atoms with Crippen molar-refractivity contribution in [1.82, 2.24) is 9.97 Å². The van der Waals surface area contributed by atoms with Crippen molar-refractivity contribution in [3.05, 3.63) is 157 Å². The van der Waals surface area contributed by atoms with Crippen LogP contribution in [0.2, 0.25) is 0 Å². The van der Waals surface area contributed by atoms with Crippen LogP contribution in [-0.4, -0.2) is 9.97 Å². The SMILES string of the molecule is CC(C)(C)c1cccc2c1sc1c(-c3ccccc3)nc(-c3cccc(-c4cc(-c5ccccc5)cc(-c5ccccc5)c4)c3)nc12. The van der Waals surface area contributed by atoms with Gasteiger partial charge in [0.1, 0.15) is 0 Å². The minimum Gasteiger partial charge on any atom is -0.226 e. The number of benzene rings is 6. The molecule has 3 heteroatoms. The van der Waals surface area contributed by atoms with E-state index in [1.54, 1.807) is 0 Å². The van der Waals surface area contributed by atoms with Gasteiger partial charge in [0.15, 0.2) is 5.82 Å². The van der Waals surface area contributed by atoms with Gasteiger partial charge in [-0.1, -0.05) is 148 Å². The van der Waals surface area contributed by atoms with E-state index < -0.39 is 0 Å². The van der Waals surface area contributed by atoms with E-state index in [4.69, 9.17) is 9.97 Å². The fourth-order valence-corrected chi connectivity index (χ4v) is 7.88. The van der Waals surface area contributed by atoms with Crippen molar-refractivity contribution in [2.75, 3.05) is 0 Å². The molecular formula is C44H34N2S. The summed E-state index contributed by atoms with van der Waals surface area (Å²) in [4.78, 5) is 10.6. The fourth-order valence-electron chi connectivity index (χ4n) is 6.40. The number of nitrogens with zero attached hydrogens (tertiary/aromatic N) is 2. The summed E-state index contributed by atoms with van der Waals surface area (Å²) in [6, 6.07) is 54.0. The van der Waals surface area contributed by atoms with E-state index in [2.05, 4.69) is 172 Å². The molecule has 8 aromatic rings. The normalized spacial score (nSPS) is 11.7. The number of hydrogen-bond donors (Lipinski definition) is 0. The maximum Gasteiger partial charge on any atom is 0.160 e. The van der Waals surface area contributed by atoms with Crippen molar-refractivity contribution in [2.24, 2.45) is 0 Å². The first-order valence-electron chi connectivity index (χ1n) is 16.1. The molecular weight excluding hydrogens is 589 g/mol. The molecule has 6 aromatic carbocycles. The van der Waals surface area contributed by atoms with Gasteiger partial charge in [0.05, 0.1) is 15.9 Å². The summed E-state index contributed by atoms with van der Waals surface area (Å²) in [6.45, 7) is 6.84. The fraction of sp³-hybridized carbons (Fsp3) is 0.0909. The van der Waals surface area contributed by atoms with Crippen LogP contribution < -0.4 is 0 Å². The van der Waals surface area contributed by atoms with Crippen molar-refractivity contribution < 1.29 is 0 Å². The minimum atomic E-state index is 0.0186. The molecule has 8 rings (SSSR count). The zero-order chi connectivity index (χ0) is 32.0. The van der Waals surface area contributed by atoms with E-state index in [1.807, 2.05) is 11.3 Å². The van der Waals surface area contributed by atoms with Gasteiger partial charge in [-0.15, -0.1) is 11.3 Å². The van der Waals surface area contributed by atoms with Gasteiger partial charge in [-0.25, -0.2) is 9.97 Å². The maximum atomic E-state index is 5.31. The van der Waals surface area contributed by atoms with Crippen molar-refractivity contribution in [1.29, 1.82) is 0 Å². The number of thiophene rings is 1. The van der Waals surface area contributed by atoms with Crippen LogP contribution in [0.5, 0.6) is 0 Å². The Morgan fingerprint density at radius 1 is 0.426 bits per heavy atom. The van der Waals surface area contributed by atoms with Crippen LogP contribution in [0.25, 0.3) is 76.3 Å². The Labute approximate surface area is 280 Å². The van der Waals surface area contributed by atoms with E-state index in [0.717, 1.165) is 44.0 Å². The zero-order valence-electron chi connectivity index (χ0n) is 26.7. The van der Waals surface area contributed by atoms with E-state index in [1.165, 1.54) is 37.9 Å². The van der Waals surface area contributed by atoms with Crippen LogP contribution in [0.4, 0.5) is 0 Å². The second-order valence-electron chi connectivity index (χ2n) is 13.1. The molecule has 0 spiro atoms. The molecule has 2 nitrogen and oxygen atoms in total. The Morgan fingerprint density at radius 2 is 0.915 bits per heavy atom. The van der Waals surface area contributed by atoms with Crippen LogP contribution in [0, 0.1) is 0 Å². The molecule has 0 bridgehead atoms. The minimum absolute atomic E-state index is 0.0186. The van der Waals surface area contributed by atoms with Crippen molar-refractivity contribution in [3.63, 3.8) is 0 Å². The molecule has 0 fully saturated rings. The molecule has 0 amide bonds. The molecule has 2 aromatic heterocycles. The summed E-state index contributed by atoms with van der Waals surface area (Å²) in [5.41, 5.74) is 12.5. The molecule has 0 aliphatic carbocycles. The standard InChI is InChI=1S/C44H34N2S/c1-44(2,3)38-24-14-23-37-40-42(47-41(37)38)39(31-19-11-6-12-20-31)45-43(46-40)33-22-13-21-32(25-33)36-27-34(29-15-7-4-8-16-29)26-35(28-36)30-17-9-5-10-18-30/h4-28H,1-3H3. The molecule has 2 heterocycles. The maximum absolute atomic E-state index is 5.31. The highest BCUT2D eigenvalue weighted by Gasteiger charge is 2.22. The lowest BCUT2D eigenvalue weighted by molar-refractivity contribution is 0.597. The lowest BCUT2D eigenvalue weighted by Crippen LogP contribution is -2.10. The summed E-state index contributed by atoms with van der Waals surface area (Å²) in [7, 11) is 0. The van der Waals surface area contributed by atoms with E-state index in [-0.39, 0.29) is 5.41 Å². The quantitative estimate of drug-likeness (QED) is 0.191. The Morgan fingerprint density at radius 3 is 1.51 bits per heavy atom. The first kappa shape index (κ1) is 29.1. The third-order valence-electron chi connectivity index (χ3n) is 8.80. The molecule has 0 aliphatic heterocycles. The molecule has 0 radical (unpaired) electrons. The Balaban J connectivity index is 1.33. The van der Waals surface area contributed by atoms with Gasteiger partial charge in [0, 0.05) is 21.2 Å².